The molecule has 1 atom stereocenters. The number of hydrogen-bond donors (Lipinski definition) is 2. The summed E-state index contributed by atoms with van der Waals surface area (Å²) in [7, 11) is 0. The summed E-state index contributed by atoms with van der Waals surface area (Å²) in [5.74, 6) is 0.406. The maximum absolute atomic E-state index is 10.5. The van der Waals surface area contributed by atoms with Crippen LogP contribution in [0.1, 0.15) is 47.0 Å². The molecule has 0 heterocycles. The van der Waals surface area contributed by atoms with Crippen LogP contribution in [-0.4, -0.2) is 23.7 Å². The highest BCUT2D eigenvalue weighted by atomic mass is 16.4. The highest BCUT2D eigenvalue weighted by Gasteiger charge is 2.14. The second-order valence-corrected chi connectivity index (χ2v) is 4.83. The van der Waals surface area contributed by atoms with Crippen LogP contribution >= 0.6 is 0 Å². The lowest BCUT2D eigenvalue weighted by Gasteiger charge is -2.20. The van der Waals surface area contributed by atoms with Gasteiger partial charge in [-0.15, -0.1) is 0 Å². The van der Waals surface area contributed by atoms with Gasteiger partial charge in [0.1, 0.15) is 0 Å². The average Bonchev–Trinajstić information content (AvgIpc) is 2.09. The fourth-order valence-electron chi connectivity index (χ4n) is 1.68. The summed E-state index contributed by atoms with van der Waals surface area (Å²) in [6, 6.07) is 0.511. The molecule has 0 fully saturated rings. The number of carboxylic acids is 1. The monoisotopic (exact) mass is 215 g/mol. The first-order valence-electron chi connectivity index (χ1n) is 5.88. The molecule has 1 unspecified atom stereocenters. The molecule has 0 aliphatic carbocycles. The van der Waals surface area contributed by atoms with Crippen LogP contribution in [0.25, 0.3) is 0 Å². The van der Waals surface area contributed by atoms with Crippen molar-refractivity contribution in [2.45, 2.75) is 53.0 Å². The van der Waals surface area contributed by atoms with E-state index < -0.39 is 5.97 Å². The first-order chi connectivity index (χ1) is 6.93. The van der Waals surface area contributed by atoms with Gasteiger partial charge in [0.2, 0.25) is 0 Å². The zero-order valence-electron chi connectivity index (χ0n) is 10.4. The summed E-state index contributed by atoms with van der Waals surface area (Å²) in [5.41, 5.74) is 0. The summed E-state index contributed by atoms with van der Waals surface area (Å²) in [5, 5.41) is 12.0. The van der Waals surface area contributed by atoms with Gasteiger partial charge in [-0.2, -0.15) is 0 Å². The van der Waals surface area contributed by atoms with E-state index in [0.29, 0.717) is 24.3 Å². The highest BCUT2D eigenvalue weighted by molar-refractivity contribution is 5.66. The molecule has 0 saturated heterocycles. The Morgan fingerprint density at radius 2 is 1.80 bits per heavy atom. The van der Waals surface area contributed by atoms with Gasteiger partial charge in [0.25, 0.3) is 0 Å². The average molecular weight is 215 g/mol. The zero-order chi connectivity index (χ0) is 11.8. The lowest BCUT2D eigenvalue weighted by atomic mass is 9.88. The molecule has 0 amide bonds. The second-order valence-electron chi connectivity index (χ2n) is 4.83. The van der Waals surface area contributed by atoms with E-state index >= 15 is 0 Å². The molecule has 0 aromatic carbocycles. The molecule has 0 aromatic heterocycles. The topological polar surface area (TPSA) is 49.3 Å². The van der Waals surface area contributed by atoms with Crippen molar-refractivity contribution in [1.29, 1.82) is 0 Å². The minimum atomic E-state index is -0.683. The predicted molar refractivity (Wildman–Crippen MR) is 63.0 cm³/mol. The molecule has 0 aliphatic rings. The van der Waals surface area contributed by atoms with E-state index in [1.807, 2.05) is 0 Å². The van der Waals surface area contributed by atoms with E-state index in [-0.39, 0.29) is 0 Å². The van der Waals surface area contributed by atoms with Crippen LogP contribution in [0.5, 0.6) is 0 Å². The molecule has 0 rings (SSSR count). The van der Waals surface area contributed by atoms with Gasteiger partial charge in [-0.05, 0) is 31.2 Å². The van der Waals surface area contributed by atoms with E-state index in [0.717, 1.165) is 19.4 Å². The molecule has 0 aliphatic heterocycles. The third kappa shape index (κ3) is 8.43. The molecule has 3 heteroatoms. The van der Waals surface area contributed by atoms with E-state index in [4.69, 9.17) is 5.11 Å². The molecule has 90 valence electrons. The molecule has 0 spiro atoms. The fourth-order valence-corrected chi connectivity index (χ4v) is 1.68. The summed E-state index contributed by atoms with van der Waals surface area (Å²) in [6.45, 7) is 9.58. The van der Waals surface area contributed by atoms with Crippen LogP contribution in [0.4, 0.5) is 0 Å². The Bertz CT molecular complexity index is 178. The second kappa shape index (κ2) is 7.69. The zero-order valence-corrected chi connectivity index (χ0v) is 10.4. The summed E-state index contributed by atoms with van der Waals surface area (Å²) >= 11 is 0. The molecular weight excluding hydrogens is 190 g/mol. The summed E-state index contributed by atoms with van der Waals surface area (Å²) in [6.07, 6.45) is 2.17. The Morgan fingerprint density at radius 1 is 1.20 bits per heavy atom. The van der Waals surface area contributed by atoms with Gasteiger partial charge in [-0.1, -0.05) is 27.7 Å². The van der Waals surface area contributed by atoms with Gasteiger partial charge in [-0.25, -0.2) is 0 Å². The number of rotatable bonds is 8. The molecule has 0 bridgehead atoms. The van der Waals surface area contributed by atoms with Crippen LogP contribution in [0.3, 0.4) is 0 Å². The lowest BCUT2D eigenvalue weighted by molar-refractivity contribution is -0.137. The largest absolute Gasteiger partial charge is 0.481 e. The lowest BCUT2D eigenvalue weighted by Crippen LogP contribution is -2.26. The van der Waals surface area contributed by atoms with Crippen molar-refractivity contribution in [3.63, 3.8) is 0 Å². The molecule has 0 aromatic rings. The third-order valence-corrected chi connectivity index (χ3v) is 2.74. The molecule has 3 nitrogen and oxygen atoms in total. The summed E-state index contributed by atoms with van der Waals surface area (Å²) in [4.78, 5) is 10.5. The van der Waals surface area contributed by atoms with Crippen molar-refractivity contribution >= 4 is 5.97 Å². The first-order valence-corrected chi connectivity index (χ1v) is 5.88. The maximum Gasteiger partial charge on any atom is 0.303 e. The van der Waals surface area contributed by atoms with Crippen LogP contribution in [-0.2, 0) is 4.79 Å². The van der Waals surface area contributed by atoms with Gasteiger partial charge in [-0.3, -0.25) is 4.79 Å². The SMILES string of the molecule is CC(C)NCCC(CCC(=O)O)C(C)C. The van der Waals surface area contributed by atoms with Gasteiger partial charge >= 0.3 is 5.97 Å². The van der Waals surface area contributed by atoms with Gasteiger partial charge in [0, 0.05) is 12.5 Å². The Morgan fingerprint density at radius 3 is 2.20 bits per heavy atom. The van der Waals surface area contributed by atoms with E-state index in [2.05, 4.69) is 33.0 Å². The van der Waals surface area contributed by atoms with Crippen molar-refractivity contribution in [3.8, 4) is 0 Å². The Labute approximate surface area is 93.3 Å². The van der Waals surface area contributed by atoms with E-state index in [9.17, 15) is 4.79 Å². The third-order valence-electron chi connectivity index (χ3n) is 2.74. The maximum atomic E-state index is 10.5. The smallest absolute Gasteiger partial charge is 0.303 e. The Balaban J connectivity index is 3.78. The molecular formula is C12H25NO2. The normalized spacial score (nSPS) is 13.5. The quantitative estimate of drug-likeness (QED) is 0.654. The number of nitrogens with one attached hydrogen (secondary N) is 1. The van der Waals surface area contributed by atoms with Crippen LogP contribution in [0, 0.1) is 11.8 Å². The molecule has 2 N–H and O–H groups in total. The van der Waals surface area contributed by atoms with Gasteiger partial charge < -0.3 is 10.4 Å². The molecule has 0 radical (unpaired) electrons. The van der Waals surface area contributed by atoms with Crippen molar-refractivity contribution in [3.05, 3.63) is 0 Å². The molecule has 15 heavy (non-hydrogen) atoms. The van der Waals surface area contributed by atoms with Gasteiger partial charge in [0.05, 0.1) is 0 Å². The number of carboxylic acid groups (broad SMARTS) is 1. The number of hydrogen-bond acceptors (Lipinski definition) is 2. The van der Waals surface area contributed by atoms with Crippen LogP contribution in [0.15, 0.2) is 0 Å². The van der Waals surface area contributed by atoms with Crippen molar-refractivity contribution in [2.75, 3.05) is 6.54 Å². The molecule has 0 saturated carbocycles. The fraction of sp³-hybridized carbons (Fsp3) is 0.917. The van der Waals surface area contributed by atoms with Crippen molar-refractivity contribution in [2.24, 2.45) is 11.8 Å². The number of carbonyl (C=O) groups is 1. The summed E-state index contributed by atoms with van der Waals surface area (Å²) < 4.78 is 0. The highest BCUT2D eigenvalue weighted by Crippen LogP contribution is 2.20. The first kappa shape index (κ1) is 14.4. The van der Waals surface area contributed by atoms with Crippen molar-refractivity contribution < 1.29 is 9.90 Å². The Kier molecular flexibility index (Phi) is 7.39. The standard InChI is InChI=1S/C12H25NO2/c1-9(2)11(5-6-12(14)15)7-8-13-10(3)4/h9-11,13H,5-8H2,1-4H3,(H,14,15). The Hall–Kier alpha value is -0.570. The minimum Gasteiger partial charge on any atom is -0.481 e. The van der Waals surface area contributed by atoms with Crippen LogP contribution in [0.2, 0.25) is 0 Å². The van der Waals surface area contributed by atoms with E-state index in [1.165, 1.54) is 0 Å². The van der Waals surface area contributed by atoms with Crippen molar-refractivity contribution in [1.82, 2.24) is 5.32 Å². The van der Waals surface area contributed by atoms with Crippen LogP contribution < -0.4 is 5.32 Å². The van der Waals surface area contributed by atoms with E-state index in [1.54, 1.807) is 0 Å². The minimum absolute atomic E-state index is 0.296. The van der Waals surface area contributed by atoms with Gasteiger partial charge in [0.15, 0.2) is 0 Å². The predicted octanol–water partition coefficient (Wildman–Crippen LogP) is 2.51. The number of aliphatic carboxylic acids is 1.